The molecule has 1 N–H and O–H groups in total. The summed E-state index contributed by atoms with van der Waals surface area (Å²) in [7, 11) is 0. The zero-order valence-electron chi connectivity index (χ0n) is 14.6. The Balaban J connectivity index is 1.88. The Morgan fingerprint density at radius 1 is 1.29 bits per heavy atom. The van der Waals surface area contributed by atoms with E-state index in [4.69, 9.17) is 0 Å². The molecule has 0 aliphatic carbocycles. The third-order valence-electron chi connectivity index (χ3n) is 4.76. The number of aromatic amines is 1. The lowest BCUT2D eigenvalue weighted by molar-refractivity contribution is 0.0668. The van der Waals surface area contributed by atoms with Crippen LogP contribution in [0.2, 0.25) is 0 Å². The molecule has 0 bridgehead atoms. The highest BCUT2D eigenvalue weighted by Crippen LogP contribution is 2.24. The van der Waals surface area contributed by atoms with Crippen LogP contribution in [0.1, 0.15) is 51.9 Å². The largest absolute Gasteiger partial charge is 0.336 e. The SMILES string of the molecule is Cc1cc(C)n([C@H]2CCCN(C(=O)c3c(C)c(C)n[nH]c3=O)C2)n1. The fraction of sp³-hybridized carbons (Fsp3) is 0.529. The molecule has 2 aromatic heterocycles. The number of nitrogens with zero attached hydrogens (tertiary/aromatic N) is 4. The first-order chi connectivity index (χ1) is 11.4. The predicted octanol–water partition coefficient (Wildman–Crippen LogP) is 1.68. The van der Waals surface area contributed by atoms with Crippen LogP contribution in [0.15, 0.2) is 10.9 Å². The van der Waals surface area contributed by atoms with E-state index in [1.165, 1.54) is 0 Å². The zero-order valence-corrected chi connectivity index (χ0v) is 14.6. The summed E-state index contributed by atoms with van der Waals surface area (Å²) < 4.78 is 2.00. The smallest absolute Gasteiger partial charge is 0.277 e. The summed E-state index contributed by atoms with van der Waals surface area (Å²) in [5, 5.41) is 10.9. The van der Waals surface area contributed by atoms with Gasteiger partial charge in [0.2, 0.25) is 0 Å². The second-order valence-corrected chi connectivity index (χ2v) is 6.56. The fourth-order valence-corrected chi connectivity index (χ4v) is 3.40. The molecule has 24 heavy (non-hydrogen) atoms. The van der Waals surface area contributed by atoms with E-state index in [1.807, 2.05) is 24.6 Å². The van der Waals surface area contributed by atoms with Crippen LogP contribution in [0, 0.1) is 27.7 Å². The van der Waals surface area contributed by atoms with E-state index >= 15 is 0 Å². The Morgan fingerprint density at radius 3 is 2.71 bits per heavy atom. The number of hydrogen-bond donors (Lipinski definition) is 1. The van der Waals surface area contributed by atoms with E-state index in [9.17, 15) is 9.59 Å². The lowest BCUT2D eigenvalue weighted by Gasteiger charge is -2.33. The fourth-order valence-electron chi connectivity index (χ4n) is 3.40. The van der Waals surface area contributed by atoms with Gasteiger partial charge in [-0.1, -0.05) is 0 Å². The summed E-state index contributed by atoms with van der Waals surface area (Å²) >= 11 is 0. The highest BCUT2D eigenvalue weighted by atomic mass is 16.2. The molecule has 0 spiro atoms. The van der Waals surface area contributed by atoms with Crippen molar-refractivity contribution in [2.75, 3.05) is 13.1 Å². The number of amides is 1. The highest BCUT2D eigenvalue weighted by molar-refractivity contribution is 5.95. The van der Waals surface area contributed by atoms with Crippen LogP contribution in [0.25, 0.3) is 0 Å². The van der Waals surface area contributed by atoms with Gasteiger partial charge in [-0.15, -0.1) is 0 Å². The van der Waals surface area contributed by atoms with E-state index in [0.717, 1.165) is 24.2 Å². The Morgan fingerprint density at radius 2 is 2.04 bits per heavy atom. The second kappa shape index (κ2) is 6.22. The van der Waals surface area contributed by atoms with E-state index in [-0.39, 0.29) is 17.5 Å². The molecule has 128 valence electrons. The van der Waals surface area contributed by atoms with Crippen LogP contribution in [0.4, 0.5) is 0 Å². The van der Waals surface area contributed by atoms with Crippen molar-refractivity contribution < 1.29 is 4.79 Å². The van der Waals surface area contributed by atoms with E-state index in [1.54, 1.807) is 18.7 Å². The van der Waals surface area contributed by atoms with Crippen molar-refractivity contribution in [1.82, 2.24) is 24.9 Å². The topological polar surface area (TPSA) is 83.9 Å². The van der Waals surface area contributed by atoms with Crippen molar-refractivity contribution >= 4 is 5.91 Å². The highest BCUT2D eigenvalue weighted by Gasteiger charge is 2.29. The van der Waals surface area contributed by atoms with Gasteiger partial charge < -0.3 is 4.90 Å². The van der Waals surface area contributed by atoms with Gasteiger partial charge in [0, 0.05) is 18.8 Å². The quantitative estimate of drug-likeness (QED) is 0.908. The molecular formula is C17H23N5O2. The first-order valence-corrected chi connectivity index (χ1v) is 8.26. The summed E-state index contributed by atoms with van der Waals surface area (Å²) in [5.41, 5.74) is 3.18. The minimum Gasteiger partial charge on any atom is -0.336 e. The molecule has 3 rings (SSSR count). The number of aryl methyl sites for hydroxylation is 3. The molecule has 1 aliphatic heterocycles. The average Bonchev–Trinajstić information content (AvgIpc) is 2.90. The maximum Gasteiger partial charge on any atom is 0.277 e. The van der Waals surface area contributed by atoms with Gasteiger partial charge in [-0.25, -0.2) is 5.10 Å². The number of carbonyl (C=O) groups is 1. The standard InChI is InChI=1S/C17H23N5O2/c1-10-8-11(2)22(20-10)14-6-5-7-21(9-14)17(24)15-12(3)13(4)18-19-16(15)23/h8,14H,5-7,9H2,1-4H3,(H,19,23)/t14-/m0/s1. The Labute approximate surface area is 140 Å². The summed E-state index contributed by atoms with van der Waals surface area (Å²) in [6.07, 6.45) is 1.88. The van der Waals surface area contributed by atoms with Gasteiger partial charge in [0.15, 0.2) is 0 Å². The molecule has 3 heterocycles. The van der Waals surface area contributed by atoms with Crippen molar-refractivity contribution in [2.24, 2.45) is 0 Å². The molecule has 0 radical (unpaired) electrons. The van der Waals surface area contributed by atoms with Crippen molar-refractivity contribution in [1.29, 1.82) is 0 Å². The lowest BCUT2D eigenvalue weighted by atomic mass is 10.0. The van der Waals surface area contributed by atoms with Crippen LogP contribution in [-0.4, -0.2) is 43.9 Å². The maximum absolute atomic E-state index is 12.9. The summed E-state index contributed by atoms with van der Waals surface area (Å²) in [6, 6.07) is 2.20. The van der Waals surface area contributed by atoms with Crippen LogP contribution < -0.4 is 5.56 Å². The molecule has 1 fully saturated rings. The molecule has 1 saturated heterocycles. The van der Waals surface area contributed by atoms with Crippen LogP contribution in [-0.2, 0) is 0 Å². The Bertz CT molecular complexity index is 836. The molecule has 1 aliphatic rings. The van der Waals surface area contributed by atoms with Gasteiger partial charge in [0.05, 0.1) is 17.4 Å². The van der Waals surface area contributed by atoms with E-state index < -0.39 is 5.56 Å². The predicted molar refractivity (Wildman–Crippen MR) is 90.2 cm³/mol. The number of aromatic nitrogens is 4. The van der Waals surface area contributed by atoms with Crippen molar-refractivity contribution in [2.45, 2.75) is 46.6 Å². The first kappa shape index (κ1) is 16.4. The normalized spacial score (nSPS) is 18.0. The minimum atomic E-state index is -0.420. The maximum atomic E-state index is 12.9. The van der Waals surface area contributed by atoms with Crippen LogP contribution in [0.5, 0.6) is 0 Å². The molecule has 0 saturated carbocycles. The number of piperidine rings is 1. The van der Waals surface area contributed by atoms with Crippen molar-refractivity contribution in [3.63, 3.8) is 0 Å². The van der Waals surface area contributed by atoms with Gasteiger partial charge >= 0.3 is 0 Å². The van der Waals surface area contributed by atoms with Gasteiger partial charge in [-0.2, -0.15) is 10.2 Å². The number of carbonyl (C=O) groups excluding carboxylic acids is 1. The number of rotatable bonds is 2. The molecular weight excluding hydrogens is 306 g/mol. The average molecular weight is 329 g/mol. The van der Waals surface area contributed by atoms with E-state index in [2.05, 4.69) is 15.3 Å². The van der Waals surface area contributed by atoms with Gasteiger partial charge in [0.1, 0.15) is 5.56 Å². The second-order valence-electron chi connectivity index (χ2n) is 6.56. The van der Waals surface area contributed by atoms with E-state index in [0.29, 0.717) is 24.3 Å². The first-order valence-electron chi connectivity index (χ1n) is 8.26. The summed E-state index contributed by atoms with van der Waals surface area (Å²) in [5.74, 6) is -0.217. The third kappa shape index (κ3) is 2.86. The monoisotopic (exact) mass is 329 g/mol. The molecule has 1 atom stereocenters. The molecule has 0 aromatic carbocycles. The number of likely N-dealkylation sites (tertiary alicyclic amines) is 1. The molecule has 1 amide bonds. The molecule has 7 nitrogen and oxygen atoms in total. The third-order valence-corrected chi connectivity index (χ3v) is 4.76. The molecule has 7 heteroatoms. The number of hydrogen-bond acceptors (Lipinski definition) is 4. The van der Waals surface area contributed by atoms with Gasteiger partial charge in [-0.05, 0) is 52.2 Å². The lowest BCUT2D eigenvalue weighted by Crippen LogP contribution is -2.43. The number of H-pyrrole nitrogens is 1. The number of nitrogens with one attached hydrogen (secondary N) is 1. The molecule has 2 aromatic rings. The Kier molecular flexibility index (Phi) is 4.26. The summed E-state index contributed by atoms with van der Waals surface area (Å²) in [4.78, 5) is 26.8. The van der Waals surface area contributed by atoms with Crippen LogP contribution in [0.3, 0.4) is 0 Å². The van der Waals surface area contributed by atoms with Gasteiger partial charge in [0.25, 0.3) is 11.5 Å². The minimum absolute atomic E-state index is 0.152. The van der Waals surface area contributed by atoms with Gasteiger partial charge in [-0.3, -0.25) is 14.3 Å². The Hall–Kier alpha value is -2.44. The van der Waals surface area contributed by atoms with Crippen LogP contribution >= 0.6 is 0 Å². The van der Waals surface area contributed by atoms with Crippen molar-refractivity contribution in [3.05, 3.63) is 44.6 Å². The zero-order chi connectivity index (χ0) is 17.4. The summed E-state index contributed by atoms with van der Waals surface area (Å²) in [6.45, 7) is 8.79. The molecule has 0 unspecified atom stereocenters. The van der Waals surface area contributed by atoms with Crippen molar-refractivity contribution in [3.8, 4) is 0 Å².